The number of carbonyl (C=O) groups is 3. The summed E-state index contributed by atoms with van der Waals surface area (Å²) >= 11 is 0. The zero-order valence-corrected chi connectivity index (χ0v) is 28.2. The topological polar surface area (TPSA) is 72.9 Å². The minimum absolute atomic E-state index is 0. The summed E-state index contributed by atoms with van der Waals surface area (Å²) in [6.07, 6.45) is 22.6. The van der Waals surface area contributed by atoms with E-state index >= 15 is 0 Å². The third kappa shape index (κ3) is 29.9. The first-order valence-electron chi connectivity index (χ1n) is 16.6. The summed E-state index contributed by atoms with van der Waals surface area (Å²) in [4.78, 5) is 38.8. The van der Waals surface area contributed by atoms with Crippen molar-refractivity contribution in [3.8, 4) is 0 Å². The highest BCUT2D eigenvalue weighted by molar-refractivity contribution is 5.77. The molecule has 0 spiro atoms. The first-order valence-corrected chi connectivity index (χ1v) is 16.6. The molecule has 0 radical (unpaired) electrons. The van der Waals surface area contributed by atoms with Crippen LogP contribution in [0.3, 0.4) is 0 Å². The van der Waals surface area contributed by atoms with Gasteiger partial charge in [-0.2, -0.15) is 0 Å². The number of ether oxygens (including phenoxy) is 2. The third-order valence-electron chi connectivity index (χ3n) is 7.18. The number of hydrogen-bond donors (Lipinski definition) is 0. The summed E-state index contributed by atoms with van der Waals surface area (Å²) in [5.74, 6) is -0.429. The molecule has 244 valence electrons. The Morgan fingerprint density at radius 3 is 1.17 bits per heavy atom. The fraction of sp³-hybridized carbons (Fsp3) is 0.909. The monoisotopic (exact) mass is 604 g/mol. The number of carbonyl (C=O) groups excluding carboxylic acids is 3. The SMILES string of the molecule is CCCCCCCCCCCC(=O)OCCN(CCOC(=O)CCCCCCCCCCC)C(=O)C[N+](C)(C)C.[Cl-]. The van der Waals surface area contributed by atoms with Crippen molar-refractivity contribution in [1.29, 1.82) is 0 Å². The maximum atomic E-state index is 12.9. The molecule has 0 aliphatic carbocycles. The van der Waals surface area contributed by atoms with Crippen molar-refractivity contribution >= 4 is 17.8 Å². The van der Waals surface area contributed by atoms with Gasteiger partial charge in [-0.15, -0.1) is 0 Å². The smallest absolute Gasteiger partial charge is 0.305 e. The van der Waals surface area contributed by atoms with E-state index in [9.17, 15) is 14.4 Å². The average Bonchev–Trinajstić information content (AvgIpc) is 2.89. The van der Waals surface area contributed by atoms with Gasteiger partial charge >= 0.3 is 11.9 Å². The van der Waals surface area contributed by atoms with Gasteiger partial charge in [-0.3, -0.25) is 14.4 Å². The number of likely N-dealkylation sites (N-methyl/N-ethyl adjacent to an activating group) is 1. The Morgan fingerprint density at radius 2 is 0.854 bits per heavy atom. The molecule has 0 aromatic rings. The summed E-state index contributed by atoms with van der Waals surface area (Å²) in [5.41, 5.74) is 0. The van der Waals surface area contributed by atoms with Crippen molar-refractivity contribution in [3.63, 3.8) is 0 Å². The lowest BCUT2D eigenvalue weighted by Gasteiger charge is -2.28. The van der Waals surface area contributed by atoms with Gasteiger partial charge < -0.3 is 31.3 Å². The zero-order valence-electron chi connectivity index (χ0n) is 27.5. The molecule has 8 heteroatoms. The molecule has 0 N–H and O–H groups in total. The van der Waals surface area contributed by atoms with Crippen LogP contribution in [-0.2, 0) is 23.9 Å². The van der Waals surface area contributed by atoms with E-state index in [0.29, 0.717) is 37.0 Å². The second kappa shape index (κ2) is 28.8. The maximum absolute atomic E-state index is 12.9. The zero-order chi connectivity index (χ0) is 29.9. The number of halogens is 1. The van der Waals surface area contributed by atoms with E-state index in [1.165, 1.54) is 89.9 Å². The van der Waals surface area contributed by atoms with Crippen molar-refractivity contribution in [2.24, 2.45) is 0 Å². The molecule has 0 aromatic carbocycles. The van der Waals surface area contributed by atoms with E-state index in [2.05, 4.69) is 13.8 Å². The quantitative estimate of drug-likeness (QED) is 0.0749. The maximum Gasteiger partial charge on any atom is 0.305 e. The number of rotatable bonds is 28. The van der Waals surface area contributed by atoms with Gasteiger partial charge in [-0.05, 0) is 12.8 Å². The molecular formula is C33H65ClN2O5. The van der Waals surface area contributed by atoms with Crippen molar-refractivity contribution in [2.45, 2.75) is 142 Å². The molecule has 0 aromatic heterocycles. The van der Waals surface area contributed by atoms with Crippen molar-refractivity contribution < 1.29 is 40.7 Å². The molecule has 0 heterocycles. The average molecular weight is 605 g/mol. The minimum atomic E-state index is -0.200. The van der Waals surface area contributed by atoms with Gasteiger partial charge in [0.1, 0.15) is 13.2 Å². The highest BCUT2D eigenvalue weighted by Crippen LogP contribution is 2.12. The standard InChI is InChI=1S/C33H65N2O5.ClH/c1-6-8-10-12-14-16-18-20-22-24-32(37)39-28-26-34(31(36)30-35(3,4)5)27-29-40-33(38)25-23-21-19-17-15-13-11-9-7-2;/h6-30H2,1-5H3;1H/q+1;/p-1. The minimum Gasteiger partial charge on any atom is -1.00 e. The van der Waals surface area contributed by atoms with Crippen molar-refractivity contribution in [3.05, 3.63) is 0 Å². The van der Waals surface area contributed by atoms with Gasteiger partial charge in [-0.1, -0.05) is 117 Å². The lowest BCUT2D eigenvalue weighted by atomic mass is 10.1. The lowest BCUT2D eigenvalue weighted by molar-refractivity contribution is -0.862. The Bertz CT molecular complexity index is 600. The molecule has 0 aliphatic rings. The molecule has 0 aliphatic heterocycles. The van der Waals surface area contributed by atoms with Crippen LogP contribution in [0.25, 0.3) is 0 Å². The van der Waals surface area contributed by atoms with Crippen LogP contribution < -0.4 is 12.4 Å². The number of nitrogens with zero attached hydrogens (tertiary/aromatic N) is 2. The second-order valence-electron chi connectivity index (χ2n) is 12.4. The van der Waals surface area contributed by atoms with Crippen molar-refractivity contribution in [2.75, 3.05) is 54.0 Å². The summed E-state index contributed by atoms with van der Waals surface area (Å²) in [6, 6.07) is 0. The summed E-state index contributed by atoms with van der Waals surface area (Å²) in [7, 11) is 5.89. The molecule has 0 fully saturated rings. The number of hydrogen-bond acceptors (Lipinski definition) is 5. The van der Waals surface area contributed by atoms with Crippen LogP contribution in [-0.4, -0.2) is 81.2 Å². The number of amides is 1. The first-order chi connectivity index (χ1) is 19.2. The van der Waals surface area contributed by atoms with Crippen LogP contribution in [0.5, 0.6) is 0 Å². The van der Waals surface area contributed by atoms with Crippen molar-refractivity contribution in [1.82, 2.24) is 4.90 Å². The van der Waals surface area contributed by atoms with Crippen LogP contribution in [0.15, 0.2) is 0 Å². The Kier molecular flexibility index (Phi) is 29.3. The molecule has 0 saturated carbocycles. The molecule has 7 nitrogen and oxygen atoms in total. The van der Waals surface area contributed by atoms with Crippen LogP contribution in [0.1, 0.15) is 142 Å². The fourth-order valence-corrected chi connectivity index (χ4v) is 4.71. The van der Waals surface area contributed by atoms with E-state index in [-0.39, 0.29) is 43.5 Å². The Morgan fingerprint density at radius 1 is 0.537 bits per heavy atom. The number of esters is 2. The van der Waals surface area contributed by atoms with E-state index in [1.54, 1.807) is 4.90 Å². The summed E-state index contributed by atoms with van der Waals surface area (Å²) < 4.78 is 11.3. The van der Waals surface area contributed by atoms with E-state index in [4.69, 9.17) is 9.47 Å². The summed E-state index contributed by atoms with van der Waals surface area (Å²) in [5, 5.41) is 0. The normalized spacial score (nSPS) is 11.1. The largest absolute Gasteiger partial charge is 1.00 e. The molecule has 0 rings (SSSR count). The van der Waals surface area contributed by atoms with Crippen LogP contribution >= 0.6 is 0 Å². The molecule has 0 unspecified atom stereocenters. The van der Waals surface area contributed by atoms with Crippen LogP contribution in [0.2, 0.25) is 0 Å². The predicted octanol–water partition coefficient (Wildman–Crippen LogP) is 4.45. The Hall–Kier alpha value is -1.34. The van der Waals surface area contributed by atoms with Gasteiger partial charge in [-0.25, -0.2) is 0 Å². The molecule has 1 amide bonds. The molecule has 0 atom stereocenters. The van der Waals surface area contributed by atoms with Gasteiger partial charge in [0.05, 0.1) is 34.2 Å². The molecule has 0 bridgehead atoms. The molecular weight excluding hydrogens is 540 g/mol. The third-order valence-corrected chi connectivity index (χ3v) is 7.18. The predicted molar refractivity (Wildman–Crippen MR) is 165 cm³/mol. The Balaban J connectivity index is 0. The lowest BCUT2D eigenvalue weighted by Crippen LogP contribution is -3.00. The van der Waals surface area contributed by atoms with Crippen LogP contribution in [0, 0.1) is 0 Å². The van der Waals surface area contributed by atoms with Gasteiger partial charge in [0.15, 0.2) is 6.54 Å². The first kappa shape index (κ1) is 41.8. The second-order valence-corrected chi connectivity index (χ2v) is 12.4. The van der Waals surface area contributed by atoms with Gasteiger partial charge in [0.25, 0.3) is 5.91 Å². The van der Waals surface area contributed by atoms with Gasteiger partial charge in [0, 0.05) is 12.8 Å². The van der Waals surface area contributed by atoms with Crippen LogP contribution in [0.4, 0.5) is 0 Å². The molecule has 41 heavy (non-hydrogen) atoms. The molecule has 0 saturated heterocycles. The van der Waals surface area contributed by atoms with E-state index < -0.39 is 0 Å². The fourth-order valence-electron chi connectivity index (χ4n) is 4.71. The Labute approximate surface area is 259 Å². The summed E-state index contributed by atoms with van der Waals surface area (Å²) in [6.45, 7) is 5.78. The number of quaternary nitrogens is 1. The van der Waals surface area contributed by atoms with Gasteiger partial charge in [0.2, 0.25) is 0 Å². The highest BCUT2D eigenvalue weighted by Gasteiger charge is 2.21. The highest BCUT2D eigenvalue weighted by atomic mass is 35.5. The number of unbranched alkanes of at least 4 members (excludes halogenated alkanes) is 16. The van der Waals surface area contributed by atoms with E-state index in [1.807, 2.05) is 21.1 Å². The van der Waals surface area contributed by atoms with E-state index in [0.717, 1.165) is 25.7 Å².